The van der Waals surface area contributed by atoms with Crippen LogP contribution >= 0.6 is 0 Å². The van der Waals surface area contributed by atoms with Crippen molar-refractivity contribution in [3.8, 4) is 0 Å². The van der Waals surface area contributed by atoms with Gasteiger partial charge >= 0.3 is 0 Å². The molecule has 0 aromatic carbocycles. The molecule has 3 rings (SSSR count). The van der Waals surface area contributed by atoms with Crippen LogP contribution in [0.3, 0.4) is 0 Å². The van der Waals surface area contributed by atoms with Gasteiger partial charge in [-0.15, -0.1) is 0 Å². The molecule has 6 nitrogen and oxygen atoms in total. The Morgan fingerprint density at radius 1 is 1.27 bits per heavy atom. The molecule has 126 valence electrons. The smallest absolute Gasteiger partial charge is 0.223 e. The molecule has 1 amide bonds. The van der Waals surface area contributed by atoms with Crippen LogP contribution in [0.15, 0.2) is 0 Å². The fourth-order valence-electron chi connectivity index (χ4n) is 4.26. The van der Waals surface area contributed by atoms with Crippen LogP contribution in [0.25, 0.3) is 0 Å². The molecule has 3 fully saturated rings. The second-order valence-corrected chi connectivity index (χ2v) is 9.08. The van der Waals surface area contributed by atoms with Crippen molar-refractivity contribution in [3.63, 3.8) is 0 Å². The first-order chi connectivity index (χ1) is 10.4. The quantitative estimate of drug-likeness (QED) is 0.673. The maximum Gasteiger partial charge on any atom is 0.223 e. The summed E-state index contributed by atoms with van der Waals surface area (Å²) in [4.78, 5) is 12.4. The Balaban J connectivity index is 1.47. The number of hydrogen-bond donors (Lipinski definition) is 3. The van der Waals surface area contributed by atoms with Crippen LogP contribution in [0, 0.1) is 17.3 Å². The molecule has 0 aromatic rings. The molecule has 7 heteroatoms. The summed E-state index contributed by atoms with van der Waals surface area (Å²) in [6.07, 6.45) is 7.30. The second kappa shape index (κ2) is 6.09. The van der Waals surface area contributed by atoms with Gasteiger partial charge in [-0.2, -0.15) is 0 Å². The van der Waals surface area contributed by atoms with Crippen molar-refractivity contribution in [3.05, 3.63) is 0 Å². The molecule has 3 aliphatic rings. The van der Waals surface area contributed by atoms with Gasteiger partial charge in [-0.1, -0.05) is 6.42 Å². The molecule has 0 bridgehead atoms. The van der Waals surface area contributed by atoms with E-state index in [4.69, 9.17) is 0 Å². The predicted octanol–water partition coefficient (Wildman–Crippen LogP) is 0.210. The van der Waals surface area contributed by atoms with E-state index < -0.39 is 10.0 Å². The summed E-state index contributed by atoms with van der Waals surface area (Å²) in [5.74, 6) is 0.575. The van der Waals surface area contributed by atoms with Crippen LogP contribution in [-0.4, -0.2) is 46.3 Å². The molecule has 3 atom stereocenters. The first kappa shape index (κ1) is 16.2. The SMILES string of the molecule is CS(=O)(=O)NC1CCCC1CNC(=O)C1CC12CCNCC2. The lowest BCUT2D eigenvalue weighted by Gasteiger charge is -2.24. The van der Waals surface area contributed by atoms with E-state index in [0.29, 0.717) is 6.54 Å². The van der Waals surface area contributed by atoms with Crippen molar-refractivity contribution in [2.75, 3.05) is 25.9 Å². The topological polar surface area (TPSA) is 87.3 Å². The average molecular weight is 329 g/mol. The third-order valence-electron chi connectivity index (χ3n) is 5.67. The molecule has 0 radical (unpaired) electrons. The lowest BCUT2D eigenvalue weighted by molar-refractivity contribution is -0.123. The molecule has 2 aliphatic carbocycles. The maximum absolute atomic E-state index is 12.4. The number of nitrogens with one attached hydrogen (secondary N) is 3. The van der Waals surface area contributed by atoms with Gasteiger partial charge < -0.3 is 10.6 Å². The zero-order valence-corrected chi connectivity index (χ0v) is 14.0. The molecule has 22 heavy (non-hydrogen) atoms. The van der Waals surface area contributed by atoms with Crippen LogP contribution < -0.4 is 15.4 Å². The van der Waals surface area contributed by atoms with E-state index in [9.17, 15) is 13.2 Å². The summed E-state index contributed by atoms with van der Waals surface area (Å²) in [6, 6.07) is -0.0256. The zero-order valence-electron chi connectivity index (χ0n) is 13.2. The molecule has 3 unspecified atom stereocenters. The summed E-state index contributed by atoms with van der Waals surface area (Å²) in [7, 11) is -3.17. The van der Waals surface area contributed by atoms with Gasteiger partial charge in [0, 0.05) is 18.5 Å². The van der Waals surface area contributed by atoms with Crippen LogP contribution in [0.2, 0.25) is 0 Å². The van der Waals surface area contributed by atoms with Gasteiger partial charge in [-0.3, -0.25) is 4.79 Å². The fraction of sp³-hybridized carbons (Fsp3) is 0.933. The van der Waals surface area contributed by atoms with E-state index in [0.717, 1.165) is 51.6 Å². The number of sulfonamides is 1. The minimum absolute atomic E-state index is 0.0256. The van der Waals surface area contributed by atoms with Gasteiger partial charge in [0.05, 0.1) is 6.26 Å². The van der Waals surface area contributed by atoms with Crippen molar-refractivity contribution in [2.45, 2.75) is 44.6 Å². The van der Waals surface area contributed by atoms with Gasteiger partial charge in [0.15, 0.2) is 0 Å². The highest BCUT2D eigenvalue weighted by Gasteiger charge is 2.57. The van der Waals surface area contributed by atoms with Crippen LogP contribution in [-0.2, 0) is 14.8 Å². The Labute approximate surface area is 132 Å². The van der Waals surface area contributed by atoms with Crippen molar-refractivity contribution < 1.29 is 13.2 Å². The molecule has 0 aromatic heterocycles. The normalized spacial score (nSPS) is 33.8. The lowest BCUT2D eigenvalue weighted by atomic mass is 9.91. The van der Waals surface area contributed by atoms with Crippen molar-refractivity contribution >= 4 is 15.9 Å². The van der Waals surface area contributed by atoms with Gasteiger partial charge in [0.2, 0.25) is 15.9 Å². The standard InChI is InChI=1S/C15H27N3O3S/c1-22(20,21)18-13-4-2-3-11(13)10-17-14(19)12-9-15(12)5-7-16-8-6-15/h11-13,16,18H,2-10H2,1H3,(H,17,19). The third-order valence-corrected chi connectivity index (χ3v) is 6.40. The van der Waals surface area contributed by atoms with E-state index in [-0.39, 0.29) is 29.2 Å². The van der Waals surface area contributed by atoms with Crippen molar-refractivity contribution in [1.29, 1.82) is 0 Å². The van der Waals surface area contributed by atoms with E-state index >= 15 is 0 Å². The van der Waals surface area contributed by atoms with Gasteiger partial charge in [0.1, 0.15) is 0 Å². The Morgan fingerprint density at radius 3 is 2.68 bits per heavy atom. The van der Waals surface area contributed by atoms with Gasteiger partial charge in [-0.25, -0.2) is 13.1 Å². The highest BCUT2D eigenvalue weighted by Crippen LogP contribution is 2.58. The minimum Gasteiger partial charge on any atom is -0.356 e. The lowest BCUT2D eigenvalue weighted by Crippen LogP contribution is -2.42. The summed E-state index contributed by atoms with van der Waals surface area (Å²) < 4.78 is 25.5. The molecule has 2 saturated carbocycles. The average Bonchev–Trinajstić information content (AvgIpc) is 2.95. The third kappa shape index (κ3) is 3.63. The highest BCUT2D eigenvalue weighted by atomic mass is 32.2. The van der Waals surface area contributed by atoms with E-state index in [2.05, 4.69) is 15.4 Å². The Kier molecular flexibility index (Phi) is 4.49. The van der Waals surface area contributed by atoms with Crippen LogP contribution in [0.1, 0.15) is 38.5 Å². The Bertz CT molecular complexity index is 528. The number of carbonyl (C=O) groups excluding carboxylic acids is 1. The molecule has 1 spiro atoms. The molecule has 1 saturated heterocycles. The summed E-state index contributed by atoms with van der Waals surface area (Å²) in [5.41, 5.74) is 0.259. The van der Waals surface area contributed by atoms with Crippen LogP contribution in [0.4, 0.5) is 0 Å². The Hall–Kier alpha value is -0.660. The first-order valence-electron chi connectivity index (χ1n) is 8.35. The van der Waals surface area contributed by atoms with E-state index in [1.807, 2.05) is 0 Å². The van der Waals surface area contributed by atoms with Crippen molar-refractivity contribution in [2.24, 2.45) is 17.3 Å². The minimum atomic E-state index is -3.17. The summed E-state index contributed by atoms with van der Waals surface area (Å²) in [5, 5.41) is 6.43. The van der Waals surface area contributed by atoms with Gasteiger partial charge in [-0.05, 0) is 56.5 Å². The molecule has 3 N–H and O–H groups in total. The monoisotopic (exact) mass is 329 g/mol. The number of rotatable bonds is 5. The molecule has 1 heterocycles. The van der Waals surface area contributed by atoms with Gasteiger partial charge in [0.25, 0.3) is 0 Å². The van der Waals surface area contributed by atoms with Crippen LogP contribution in [0.5, 0.6) is 0 Å². The number of piperidine rings is 1. The Morgan fingerprint density at radius 2 is 2.00 bits per heavy atom. The second-order valence-electron chi connectivity index (χ2n) is 7.30. The number of carbonyl (C=O) groups is 1. The fourth-order valence-corrected chi connectivity index (χ4v) is 5.12. The molecular weight excluding hydrogens is 302 g/mol. The van der Waals surface area contributed by atoms with E-state index in [1.54, 1.807) is 0 Å². The molecule has 1 aliphatic heterocycles. The first-order valence-corrected chi connectivity index (χ1v) is 10.2. The van der Waals surface area contributed by atoms with E-state index in [1.165, 1.54) is 6.26 Å². The summed E-state index contributed by atoms with van der Waals surface area (Å²) >= 11 is 0. The largest absolute Gasteiger partial charge is 0.356 e. The molecular formula is C15H27N3O3S. The predicted molar refractivity (Wildman–Crippen MR) is 84.8 cm³/mol. The van der Waals surface area contributed by atoms with Crippen molar-refractivity contribution in [1.82, 2.24) is 15.4 Å². The number of hydrogen-bond acceptors (Lipinski definition) is 4. The zero-order chi connectivity index (χ0) is 15.8. The number of amides is 1. The summed E-state index contributed by atoms with van der Waals surface area (Å²) in [6.45, 7) is 2.64. The maximum atomic E-state index is 12.4. The highest BCUT2D eigenvalue weighted by molar-refractivity contribution is 7.88.